The molecule has 0 bridgehead atoms. The zero-order chi connectivity index (χ0) is 57.1. The summed E-state index contributed by atoms with van der Waals surface area (Å²) in [6, 6.07) is 25.3. The molecule has 2 heterocycles. The molecule has 20 heteroatoms. The number of amides is 3. The molecule has 1 fully saturated rings. The number of aromatic nitrogens is 1. The van der Waals surface area contributed by atoms with Crippen LogP contribution in [0.4, 0.5) is 11.4 Å². The molecule has 0 saturated carbocycles. The molecule has 3 N–H and O–H groups in total. The minimum Gasteiger partial charge on any atom is -0.382 e. The molecule has 0 aliphatic carbocycles. The summed E-state index contributed by atoms with van der Waals surface area (Å²) in [7, 11) is 1.64. The molecule has 1 aromatic heterocycles. The zero-order valence-corrected chi connectivity index (χ0v) is 47.9. The van der Waals surface area contributed by atoms with E-state index in [0.29, 0.717) is 188 Å². The maximum absolute atomic E-state index is 13.8. The fourth-order valence-corrected chi connectivity index (χ4v) is 8.31. The number of hydrogen-bond donors (Lipinski definition) is 3. The Morgan fingerprint density at radius 2 is 1.04 bits per heavy atom. The van der Waals surface area contributed by atoms with Crippen molar-refractivity contribution in [1.29, 1.82) is 0 Å². The number of nitrogens with zero attached hydrogens (tertiary/aromatic N) is 2. The Bertz CT molecular complexity index is 2320. The molecule has 0 spiro atoms. The van der Waals surface area contributed by atoms with Crippen molar-refractivity contribution in [2.75, 3.05) is 189 Å². The van der Waals surface area contributed by atoms with Crippen molar-refractivity contribution < 1.29 is 71.2 Å². The SMILES string of the molecule is COCCOCCOCCOCCOCCOCCOCCOCCNC(=O)CCOCCOCCOCCOCCCc1cccc(C(=O)Nc2ccc(N3CCCCC3)cc2-c2cc(C(=O)NCc3cccc(C)c3)ccn2)c1. The van der Waals surface area contributed by atoms with Gasteiger partial charge >= 0.3 is 0 Å². The normalized spacial score (nSPS) is 12.4. The maximum atomic E-state index is 13.8. The molecule has 448 valence electrons. The second-order valence-corrected chi connectivity index (χ2v) is 19.0. The summed E-state index contributed by atoms with van der Waals surface area (Å²) in [5.41, 5.74) is 7.25. The highest BCUT2D eigenvalue weighted by Gasteiger charge is 2.18. The third-order valence-electron chi connectivity index (χ3n) is 12.6. The number of hydrogen-bond acceptors (Lipinski definition) is 17. The van der Waals surface area contributed by atoms with Gasteiger partial charge in [-0.1, -0.05) is 42.0 Å². The Morgan fingerprint density at radius 3 is 1.63 bits per heavy atom. The Kier molecular flexibility index (Phi) is 35.4. The predicted octanol–water partition coefficient (Wildman–Crippen LogP) is 6.50. The number of rotatable bonds is 47. The first-order chi connectivity index (χ1) is 39.9. The van der Waals surface area contributed by atoms with Gasteiger partial charge in [0.2, 0.25) is 5.91 Å². The molecule has 1 saturated heterocycles. The number of carbonyl (C=O) groups excluding carboxylic acids is 3. The monoisotopic (exact) mass is 1130 g/mol. The van der Waals surface area contributed by atoms with Gasteiger partial charge in [0.05, 0.1) is 157 Å². The lowest BCUT2D eigenvalue weighted by atomic mass is 10.0. The number of anilines is 2. The van der Waals surface area contributed by atoms with E-state index in [2.05, 4.69) is 38.0 Å². The van der Waals surface area contributed by atoms with E-state index >= 15 is 0 Å². The van der Waals surface area contributed by atoms with Crippen LogP contribution in [0.3, 0.4) is 0 Å². The van der Waals surface area contributed by atoms with Crippen LogP contribution >= 0.6 is 0 Å². The quantitative estimate of drug-likeness (QED) is 0.0403. The topological polar surface area (TPSA) is 214 Å². The standard InChI is InChI=1S/C61H89N5O15/c1-50-9-6-11-52(45-50)49-64-60(68)54-16-18-62-58(47-54)56-48-55(66-20-4-3-5-21-66)14-15-57(56)65-61(69)53-13-7-10-51(46-53)12-8-22-71-27-30-75-35-36-76-31-28-72-23-17-59(67)63-19-24-73-29-32-77-37-38-79-41-42-81-44-43-80-40-39-78-34-33-74-26-25-70-2/h6-7,9-11,13-16,18,45-48H,3-5,8,12,17,19-44,49H2,1-2H3,(H,63,67)(H,64,68)(H,65,69). The Morgan fingerprint density at radius 1 is 0.506 bits per heavy atom. The fraction of sp³-hybridized carbons (Fsp3) is 0.574. The van der Waals surface area contributed by atoms with Crippen molar-refractivity contribution >= 4 is 29.1 Å². The lowest BCUT2D eigenvalue weighted by Crippen LogP contribution is -2.29. The van der Waals surface area contributed by atoms with E-state index in [1.807, 2.05) is 61.5 Å². The minimum atomic E-state index is -0.231. The number of piperidine rings is 1. The Balaban J connectivity index is 0.817. The average Bonchev–Trinajstić information content (AvgIpc) is 3.63. The zero-order valence-electron chi connectivity index (χ0n) is 47.9. The highest BCUT2D eigenvalue weighted by molar-refractivity contribution is 6.06. The van der Waals surface area contributed by atoms with Gasteiger partial charge in [-0.2, -0.15) is 0 Å². The van der Waals surface area contributed by atoms with Gasteiger partial charge in [-0.25, -0.2) is 0 Å². The van der Waals surface area contributed by atoms with Gasteiger partial charge < -0.3 is 77.7 Å². The number of aryl methyl sites for hydroxylation is 2. The first-order valence-electron chi connectivity index (χ1n) is 28.6. The van der Waals surface area contributed by atoms with Crippen LogP contribution in [0.15, 0.2) is 85.1 Å². The van der Waals surface area contributed by atoms with Crippen LogP contribution in [0.5, 0.6) is 0 Å². The van der Waals surface area contributed by atoms with E-state index in [1.165, 1.54) is 6.42 Å². The van der Waals surface area contributed by atoms with Crippen molar-refractivity contribution in [1.82, 2.24) is 15.6 Å². The third-order valence-corrected chi connectivity index (χ3v) is 12.6. The number of pyridine rings is 1. The molecule has 5 rings (SSSR count). The Hall–Kier alpha value is -5.46. The van der Waals surface area contributed by atoms with Crippen molar-refractivity contribution in [2.45, 2.75) is 52.0 Å². The minimum absolute atomic E-state index is 0.105. The number of nitrogens with one attached hydrogen (secondary N) is 3. The molecule has 3 aromatic carbocycles. The highest BCUT2D eigenvalue weighted by atomic mass is 16.6. The van der Waals surface area contributed by atoms with Crippen LogP contribution in [-0.2, 0) is 74.6 Å². The van der Waals surface area contributed by atoms with Gasteiger partial charge in [-0.3, -0.25) is 19.4 Å². The van der Waals surface area contributed by atoms with Crippen molar-refractivity contribution in [3.63, 3.8) is 0 Å². The number of carbonyl (C=O) groups is 3. The van der Waals surface area contributed by atoms with E-state index in [9.17, 15) is 14.4 Å². The van der Waals surface area contributed by atoms with Crippen LogP contribution in [0.2, 0.25) is 0 Å². The molecule has 0 unspecified atom stereocenters. The van der Waals surface area contributed by atoms with Gasteiger partial charge in [-0.05, 0) is 92.6 Å². The summed E-state index contributed by atoms with van der Waals surface area (Å²) in [5, 5.41) is 9.00. The summed E-state index contributed by atoms with van der Waals surface area (Å²) in [6.45, 7) is 15.5. The van der Waals surface area contributed by atoms with E-state index in [4.69, 9.17) is 56.8 Å². The van der Waals surface area contributed by atoms with Crippen molar-refractivity contribution in [3.8, 4) is 11.3 Å². The van der Waals surface area contributed by atoms with Gasteiger partial charge in [0.15, 0.2) is 0 Å². The lowest BCUT2D eigenvalue weighted by molar-refractivity contribution is -0.122. The van der Waals surface area contributed by atoms with Gasteiger partial charge in [0, 0.05) is 74.9 Å². The van der Waals surface area contributed by atoms with E-state index < -0.39 is 0 Å². The second kappa shape index (κ2) is 43.3. The molecular weight excluding hydrogens is 1040 g/mol. The number of ether oxygens (including phenoxy) is 12. The van der Waals surface area contributed by atoms with Crippen LogP contribution in [0.25, 0.3) is 11.3 Å². The van der Waals surface area contributed by atoms with Crippen LogP contribution in [0.1, 0.15) is 69.5 Å². The number of methoxy groups -OCH3 is 1. The van der Waals surface area contributed by atoms with E-state index in [-0.39, 0.29) is 24.1 Å². The van der Waals surface area contributed by atoms with Crippen molar-refractivity contribution in [2.24, 2.45) is 0 Å². The molecule has 3 amide bonds. The molecule has 20 nitrogen and oxygen atoms in total. The van der Waals surface area contributed by atoms with E-state index in [0.717, 1.165) is 66.7 Å². The molecule has 1 aliphatic rings. The first-order valence-corrected chi connectivity index (χ1v) is 28.6. The summed E-state index contributed by atoms with van der Waals surface area (Å²) in [4.78, 5) is 46.3. The smallest absolute Gasteiger partial charge is 0.255 e. The van der Waals surface area contributed by atoms with E-state index in [1.54, 1.807) is 25.4 Å². The lowest BCUT2D eigenvalue weighted by Gasteiger charge is -2.29. The third kappa shape index (κ3) is 29.9. The van der Waals surface area contributed by atoms with Gasteiger partial charge in [0.25, 0.3) is 11.8 Å². The van der Waals surface area contributed by atoms with Crippen LogP contribution < -0.4 is 20.9 Å². The summed E-state index contributed by atoms with van der Waals surface area (Å²) in [5.74, 6) is -0.533. The summed E-state index contributed by atoms with van der Waals surface area (Å²) in [6.07, 6.45) is 6.89. The molecule has 4 aromatic rings. The largest absolute Gasteiger partial charge is 0.382 e. The highest BCUT2D eigenvalue weighted by Crippen LogP contribution is 2.33. The summed E-state index contributed by atoms with van der Waals surface area (Å²) >= 11 is 0. The first kappa shape index (κ1) is 66.3. The molecular formula is C61H89N5O15. The molecule has 0 atom stereocenters. The second-order valence-electron chi connectivity index (χ2n) is 19.0. The predicted molar refractivity (Wildman–Crippen MR) is 309 cm³/mol. The van der Waals surface area contributed by atoms with Gasteiger partial charge in [-0.15, -0.1) is 0 Å². The molecule has 1 aliphatic heterocycles. The fourth-order valence-electron chi connectivity index (χ4n) is 8.31. The molecule has 0 radical (unpaired) electrons. The number of benzene rings is 3. The maximum Gasteiger partial charge on any atom is 0.255 e. The van der Waals surface area contributed by atoms with Crippen LogP contribution in [-0.4, -0.2) is 201 Å². The average molecular weight is 1130 g/mol. The van der Waals surface area contributed by atoms with Gasteiger partial charge in [0.1, 0.15) is 0 Å². The molecule has 81 heavy (non-hydrogen) atoms. The van der Waals surface area contributed by atoms with Crippen molar-refractivity contribution in [3.05, 3.63) is 113 Å². The summed E-state index contributed by atoms with van der Waals surface area (Å²) < 4.78 is 65.6. The Labute approximate surface area is 479 Å². The van der Waals surface area contributed by atoms with Crippen LogP contribution in [0, 0.1) is 6.92 Å².